The molecule has 3 atom stereocenters. The van der Waals surface area contributed by atoms with Crippen molar-refractivity contribution in [1.29, 1.82) is 0 Å². The van der Waals surface area contributed by atoms with Gasteiger partial charge in [0.05, 0.1) is 18.8 Å². The third kappa shape index (κ3) is 8.32. The molecule has 11 heteroatoms. The Morgan fingerprint density at radius 1 is 0.913 bits per heavy atom. The molecular formula is C35H35N5O5S. The molecule has 0 aliphatic carbocycles. The van der Waals surface area contributed by atoms with E-state index < -0.39 is 6.29 Å². The van der Waals surface area contributed by atoms with E-state index in [2.05, 4.69) is 20.8 Å². The largest absolute Gasteiger partial charge is 0.457 e. The van der Waals surface area contributed by atoms with Crippen LogP contribution in [-0.2, 0) is 29.7 Å². The van der Waals surface area contributed by atoms with Crippen LogP contribution in [0, 0.1) is 0 Å². The van der Waals surface area contributed by atoms with Gasteiger partial charge < -0.3 is 34.5 Å². The number of aromatic nitrogens is 3. The number of para-hydroxylation sites is 1. The monoisotopic (exact) mass is 637 g/mol. The van der Waals surface area contributed by atoms with Crippen LogP contribution in [0.3, 0.4) is 0 Å². The molecule has 46 heavy (non-hydrogen) atoms. The third-order valence-corrected chi connectivity index (χ3v) is 8.65. The normalized spacial score (nSPS) is 17.7. The SMILES string of the molecule is Cn1cnnc1SC[C@H]1C[C@@H](c2ccc(CO)cc2)O[C@@H](c2ccc(CNC(=O)Nc3ccc(Oc4ccccc4)cc3)cc2)O1. The number of aliphatic hydroxyl groups excluding tert-OH is 1. The number of aryl methyl sites for hydroxylation is 1. The molecule has 1 saturated heterocycles. The second kappa shape index (κ2) is 15.1. The minimum absolute atomic E-state index is 0.00488. The van der Waals surface area contributed by atoms with Gasteiger partial charge in [0, 0.05) is 37.0 Å². The van der Waals surface area contributed by atoms with E-state index in [0.29, 0.717) is 30.2 Å². The molecule has 0 spiro atoms. The number of anilines is 1. The predicted octanol–water partition coefficient (Wildman–Crippen LogP) is 6.76. The molecule has 4 aromatic carbocycles. The van der Waals surface area contributed by atoms with E-state index >= 15 is 0 Å². The zero-order valence-corrected chi connectivity index (χ0v) is 26.1. The molecule has 0 bridgehead atoms. The Labute approximate surface area is 271 Å². The number of aliphatic hydroxyl groups is 1. The first-order chi connectivity index (χ1) is 22.5. The lowest BCUT2D eigenvalue weighted by Crippen LogP contribution is -2.31. The van der Waals surface area contributed by atoms with Crippen molar-refractivity contribution < 1.29 is 24.1 Å². The highest BCUT2D eigenvalue weighted by atomic mass is 32.2. The average Bonchev–Trinajstić information content (AvgIpc) is 3.52. The lowest BCUT2D eigenvalue weighted by Gasteiger charge is -2.36. The van der Waals surface area contributed by atoms with Gasteiger partial charge in [-0.3, -0.25) is 0 Å². The number of rotatable bonds is 11. The van der Waals surface area contributed by atoms with Gasteiger partial charge in [-0.05, 0) is 53.1 Å². The van der Waals surface area contributed by atoms with E-state index in [1.807, 2.05) is 103 Å². The molecule has 3 N–H and O–H groups in total. The lowest BCUT2D eigenvalue weighted by atomic mass is 10.0. The highest BCUT2D eigenvalue weighted by molar-refractivity contribution is 7.99. The van der Waals surface area contributed by atoms with Crippen molar-refractivity contribution in [1.82, 2.24) is 20.1 Å². The van der Waals surface area contributed by atoms with E-state index in [1.54, 1.807) is 30.2 Å². The fraction of sp³-hybridized carbons (Fsp3) is 0.229. The number of benzene rings is 4. The van der Waals surface area contributed by atoms with Gasteiger partial charge in [0.15, 0.2) is 11.4 Å². The Morgan fingerprint density at radius 2 is 1.61 bits per heavy atom. The van der Waals surface area contributed by atoms with Crippen LogP contribution in [-0.4, -0.2) is 37.8 Å². The number of amides is 2. The van der Waals surface area contributed by atoms with E-state index in [4.69, 9.17) is 14.2 Å². The highest BCUT2D eigenvalue weighted by Gasteiger charge is 2.32. The Balaban J connectivity index is 1.05. The molecule has 0 unspecified atom stereocenters. The second-order valence-electron chi connectivity index (χ2n) is 10.9. The van der Waals surface area contributed by atoms with Crippen LogP contribution in [0.2, 0.25) is 0 Å². The molecule has 0 radical (unpaired) electrons. The Kier molecular flexibility index (Phi) is 10.3. The van der Waals surface area contributed by atoms with E-state index in [-0.39, 0.29) is 24.8 Å². The molecule has 2 heterocycles. The summed E-state index contributed by atoms with van der Waals surface area (Å²) in [4.78, 5) is 12.6. The minimum atomic E-state index is -0.569. The number of hydrogen-bond acceptors (Lipinski definition) is 8. The smallest absolute Gasteiger partial charge is 0.319 e. The van der Waals surface area contributed by atoms with E-state index in [1.165, 1.54) is 0 Å². The predicted molar refractivity (Wildman–Crippen MR) is 175 cm³/mol. The van der Waals surface area contributed by atoms with Crippen LogP contribution >= 0.6 is 11.8 Å². The average molecular weight is 638 g/mol. The summed E-state index contributed by atoms with van der Waals surface area (Å²) >= 11 is 1.60. The number of thioether (sulfide) groups is 1. The maximum atomic E-state index is 12.6. The van der Waals surface area contributed by atoms with E-state index in [9.17, 15) is 9.90 Å². The first kappa shape index (κ1) is 31.3. The molecule has 10 nitrogen and oxygen atoms in total. The highest BCUT2D eigenvalue weighted by Crippen LogP contribution is 2.39. The maximum absolute atomic E-state index is 12.6. The summed E-state index contributed by atoms with van der Waals surface area (Å²) in [5, 5.41) is 24.2. The fourth-order valence-corrected chi connectivity index (χ4v) is 5.88. The molecule has 1 aromatic heterocycles. The van der Waals surface area contributed by atoms with Crippen LogP contribution in [0.5, 0.6) is 11.5 Å². The van der Waals surface area contributed by atoms with Crippen LogP contribution in [0.25, 0.3) is 0 Å². The van der Waals surface area contributed by atoms with Crippen LogP contribution in [0.4, 0.5) is 10.5 Å². The van der Waals surface area contributed by atoms with Crippen molar-refractivity contribution in [3.05, 3.63) is 132 Å². The first-order valence-corrected chi connectivity index (χ1v) is 15.9. The molecule has 1 aliphatic heterocycles. The zero-order chi connectivity index (χ0) is 31.7. The summed E-state index contributed by atoms with van der Waals surface area (Å²) in [6.07, 6.45) is 1.52. The Bertz CT molecular complexity index is 1700. The Morgan fingerprint density at radius 3 is 2.30 bits per heavy atom. The van der Waals surface area contributed by atoms with Gasteiger partial charge in [0.2, 0.25) is 0 Å². The second-order valence-corrected chi connectivity index (χ2v) is 11.9. The van der Waals surface area contributed by atoms with Crippen molar-refractivity contribution in [3.63, 3.8) is 0 Å². The van der Waals surface area contributed by atoms with Gasteiger partial charge in [0.1, 0.15) is 17.8 Å². The molecule has 5 aromatic rings. The molecule has 2 amide bonds. The maximum Gasteiger partial charge on any atom is 0.319 e. The third-order valence-electron chi connectivity index (χ3n) is 7.48. The van der Waals surface area contributed by atoms with Gasteiger partial charge in [0.25, 0.3) is 0 Å². The number of carbonyl (C=O) groups excluding carboxylic acids is 1. The Hall–Kier alpha value is -4.68. The first-order valence-electron chi connectivity index (χ1n) is 15.0. The van der Waals surface area contributed by atoms with Crippen molar-refractivity contribution in [2.75, 3.05) is 11.1 Å². The van der Waals surface area contributed by atoms with Gasteiger partial charge in [-0.25, -0.2) is 4.79 Å². The van der Waals surface area contributed by atoms with Crippen molar-refractivity contribution >= 4 is 23.5 Å². The molecule has 236 valence electrons. The van der Waals surface area contributed by atoms with Crippen LogP contribution in [0.1, 0.15) is 41.1 Å². The van der Waals surface area contributed by atoms with Gasteiger partial charge in [-0.1, -0.05) is 78.5 Å². The molecule has 0 saturated carbocycles. The number of ether oxygens (including phenoxy) is 3. The van der Waals surface area contributed by atoms with Crippen molar-refractivity contribution in [2.45, 2.75) is 43.2 Å². The molecule has 1 fully saturated rings. The summed E-state index contributed by atoms with van der Waals surface area (Å²) in [7, 11) is 1.92. The van der Waals surface area contributed by atoms with Gasteiger partial charge in [-0.2, -0.15) is 0 Å². The summed E-state index contributed by atoms with van der Waals surface area (Å²) in [6, 6.07) is 32.1. The number of nitrogens with zero attached hydrogens (tertiary/aromatic N) is 3. The van der Waals surface area contributed by atoms with E-state index in [0.717, 1.165) is 33.2 Å². The molecule has 6 rings (SSSR count). The fourth-order valence-electron chi connectivity index (χ4n) is 4.97. The minimum Gasteiger partial charge on any atom is -0.457 e. The number of hydrogen-bond donors (Lipinski definition) is 3. The van der Waals surface area contributed by atoms with Crippen LogP contribution in [0.15, 0.2) is 115 Å². The standard InChI is InChI=1S/C35H35N5O5S/c1-40-23-37-39-35(40)46-22-31-19-32(26-11-9-25(21-41)10-12-26)45-33(44-31)27-13-7-24(8-14-27)20-36-34(42)38-28-15-17-30(18-16-28)43-29-5-3-2-4-6-29/h2-18,23,31-33,41H,19-22H2,1H3,(H2,36,38,42)/t31-,32+,33+/m1/s1. The van der Waals surface area contributed by atoms with Crippen LogP contribution < -0.4 is 15.4 Å². The van der Waals surface area contributed by atoms with Crippen molar-refractivity contribution in [3.8, 4) is 11.5 Å². The van der Waals surface area contributed by atoms with Crippen molar-refractivity contribution in [2.24, 2.45) is 7.05 Å². The van der Waals surface area contributed by atoms with Gasteiger partial charge in [-0.15, -0.1) is 10.2 Å². The molecular weight excluding hydrogens is 602 g/mol. The lowest BCUT2D eigenvalue weighted by molar-refractivity contribution is -0.245. The molecule has 1 aliphatic rings. The zero-order valence-electron chi connectivity index (χ0n) is 25.3. The topological polar surface area (TPSA) is 120 Å². The quantitative estimate of drug-likeness (QED) is 0.136. The summed E-state index contributed by atoms with van der Waals surface area (Å²) < 4.78 is 20.6. The summed E-state index contributed by atoms with van der Waals surface area (Å²) in [6.45, 7) is 0.347. The summed E-state index contributed by atoms with van der Waals surface area (Å²) in [5.74, 6) is 2.13. The number of urea groups is 1. The number of nitrogens with one attached hydrogen (secondary N) is 2. The summed E-state index contributed by atoms with van der Waals surface area (Å²) in [5.41, 5.74) is 4.37. The number of carbonyl (C=O) groups is 1. The van der Waals surface area contributed by atoms with Gasteiger partial charge >= 0.3 is 6.03 Å².